The molecular formula is C28H28N2O. The lowest BCUT2D eigenvalue weighted by molar-refractivity contribution is 0.105. The van der Waals surface area contributed by atoms with Gasteiger partial charge in [0.2, 0.25) is 0 Å². The minimum atomic E-state index is 0.304. The predicted octanol–water partition coefficient (Wildman–Crippen LogP) is 5.45. The molecule has 1 fully saturated rings. The van der Waals surface area contributed by atoms with Crippen LogP contribution < -0.4 is 0 Å². The van der Waals surface area contributed by atoms with Crippen LogP contribution in [0.2, 0.25) is 0 Å². The Bertz CT molecular complexity index is 1100. The normalized spacial score (nSPS) is 15.5. The molecule has 0 aromatic heterocycles. The lowest BCUT2D eigenvalue weighted by Crippen LogP contribution is -2.47. The summed E-state index contributed by atoms with van der Waals surface area (Å²) in [6.45, 7) is 5.19. The molecule has 1 N–H and O–H groups in total. The van der Waals surface area contributed by atoms with Crippen LogP contribution in [0, 0.1) is 0 Å². The first-order valence-corrected chi connectivity index (χ1v) is 11.0. The van der Waals surface area contributed by atoms with Gasteiger partial charge in [-0.3, -0.25) is 9.80 Å². The maximum Gasteiger partial charge on any atom is 0.116 e. The van der Waals surface area contributed by atoms with E-state index < -0.39 is 0 Å². The molecular weight excluding hydrogens is 380 g/mol. The number of phenols is 1. The standard InChI is InChI=1S/C28H28N2O/c31-27-14-13-25-19-22(11-12-26(25)20-27)21-29-15-17-30(18-16-29)28(23-7-3-1-4-8-23)24-9-5-2-6-10-24/h1-14,19-20,28,31H,15-18,21H2. The van der Waals surface area contributed by atoms with E-state index in [9.17, 15) is 5.11 Å². The maximum atomic E-state index is 9.68. The Morgan fingerprint density at radius 1 is 0.645 bits per heavy atom. The molecule has 156 valence electrons. The smallest absolute Gasteiger partial charge is 0.116 e. The number of piperazine rings is 1. The molecule has 3 heteroatoms. The van der Waals surface area contributed by atoms with Crippen molar-refractivity contribution in [2.24, 2.45) is 0 Å². The van der Waals surface area contributed by atoms with E-state index in [1.54, 1.807) is 6.07 Å². The van der Waals surface area contributed by atoms with Gasteiger partial charge in [-0.2, -0.15) is 0 Å². The molecule has 0 atom stereocenters. The number of hydrogen-bond donors (Lipinski definition) is 1. The fourth-order valence-corrected chi connectivity index (χ4v) is 4.70. The molecule has 31 heavy (non-hydrogen) atoms. The fourth-order valence-electron chi connectivity index (χ4n) is 4.70. The van der Waals surface area contributed by atoms with E-state index >= 15 is 0 Å². The lowest BCUT2D eigenvalue weighted by Gasteiger charge is -2.40. The van der Waals surface area contributed by atoms with Crippen molar-refractivity contribution in [3.8, 4) is 5.75 Å². The highest BCUT2D eigenvalue weighted by atomic mass is 16.3. The van der Waals surface area contributed by atoms with E-state index in [0.717, 1.165) is 38.1 Å². The van der Waals surface area contributed by atoms with Crippen LogP contribution >= 0.6 is 0 Å². The molecule has 1 saturated heterocycles. The van der Waals surface area contributed by atoms with E-state index in [1.165, 1.54) is 22.1 Å². The highest BCUT2D eigenvalue weighted by molar-refractivity contribution is 5.84. The van der Waals surface area contributed by atoms with Crippen LogP contribution in [0.4, 0.5) is 0 Å². The molecule has 0 spiro atoms. The molecule has 0 aliphatic carbocycles. The van der Waals surface area contributed by atoms with Crippen LogP contribution in [-0.2, 0) is 6.54 Å². The summed E-state index contributed by atoms with van der Waals surface area (Å²) in [5, 5.41) is 11.9. The van der Waals surface area contributed by atoms with Crippen LogP contribution in [0.1, 0.15) is 22.7 Å². The summed E-state index contributed by atoms with van der Waals surface area (Å²) < 4.78 is 0. The molecule has 0 radical (unpaired) electrons. The van der Waals surface area contributed by atoms with Crippen LogP contribution in [0.15, 0.2) is 97.1 Å². The Balaban J connectivity index is 1.29. The summed E-state index contributed by atoms with van der Waals surface area (Å²) in [6.07, 6.45) is 0. The van der Waals surface area contributed by atoms with Gasteiger partial charge in [0.25, 0.3) is 0 Å². The average molecular weight is 409 g/mol. The zero-order valence-electron chi connectivity index (χ0n) is 17.7. The van der Waals surface area contributed by atoms with Crippen LogP contribution in [-0.4, -0.2) is 41.1 Å². The maximum absolute atomic E-state index is 9.68. The second-order valence-electron chi connectivity index (χ2n) is 8.40. The number of rotatable bonds is 5. The third-order valence-electron chi connectivity index (χ3n) is 6.30. The quantitative estimate of drug-likeness (QED) is 0.475. The number of benzene rings is 4. The zero-order chi connectivity index (χ0) is 21.0. The molecule has 0 unspecified atom stereocenters. The number of nitrogens with zero attached hydrogens (tertiary/aromatic N) is 2. The van der Waals surface area contributed by atoms with Crippen molar-refractivity contribution in [2.75, 3.05) is 26.2 Å². The Labute approximate surface area is 184 Å². The Kier molecular flexibility index (Phi) is 5.70. The van der Waals surface area contributed by atoms with E-state index in [0.29, 0.717) is 11.8 Å². The summed E-state index contributed by atoms with van der Waals surface area (Å²) in [5.74, 6) is 0.322. The van der Waals surface area contributed by atoms with E-state index in [4.69, 9.17) is 0 Å². The molecule has 5 rings (SSSR count). The second-order valence-corrected chi connectivity index (χ2v) is 8.40. The number of aromatic hydroxyl groups is 1. The summed E-state index contributed by atoms with van der Waals surface area (Å²) >= 11 is 0. The van der Waals surface area contributed by atoms with E-state index in [-0.39, 0.29) is 0 Å². The molecule has 0 amide bonds. The Hall–Kier alpha value is -3.14. The predicted molar refractivity (Wildman–Crippen MR) is 127 cm³/mol. The van der Waals surface area contributed by atoms with Crippen molar-refractivity contribution in [1.29, 1.82) is 0 Å². The van der Waals surface area contributed by atoms with Crippen molar-refractivity contribution >= 4 is 10.8 Å². The minimum Gasteiger partial charge on any atom is -0.508 e. The largest absolute Gasteiger partial charge is 0.508 e. The van der Waals surface area contributed by atoms with E-state index in [2.05, 4.69) is 88.7 Å². The third-order valence-corrected chi connectivity index (χ3v) is 6.30. The third kappa shape index (κ3) is 4.48. The topological polar surface area (TPSA) is 26.7 Å². The van der Waals surface area contributed by atoms with Crippen LogP contribution in [0.5, 0.6) is 5.75 Å². The van der Waals surface area contributed by atoms with Gasteiger partial charge in [0, 0.05) is 32.7 Å². The molecule has 1 aliphatic heterocycles. The van der Waals surface area contributed by atoms with Crippen LogP contribution in [0.3, 0.4) is 0 Å². The van der Waals surface area contributed by atoms with Gasteiger partial charge in [0.1, 0.15) is 5.75 Å². The first-order chi connectivity index (χ1) is 15.3. The van der Waals surface area contributed by atoms with Crippen molar-refractivity contribution in [2.45, 2.75) is 12.6 Å². The van der Waals surface area contributed by atoms with Gasteiger partial charge in [0.15, 0.2) is 0 Å². The molecule has 0 saturated carbocycles. The van der Waals surface area contributed by atoms with Gasteiger partial charge in [-0.1, -0.05) is 78.9 Å². The average Bonchev–Trinajstić information content (AvgIpc) is 2.82. The summed E-state index contributed by atoms with van der Waals surface area (Å²) in [7, 11) is 0. The van der Waals surface area contributed by atoms with Crippen molar-refractivity contribution in [3.63, 3.8) is 0 Å². The Morgan fingerprint density at radius 3 is 1.87 bits per heavy atom. The van der Waals surface area contributed by atoms with Crippen molar-refractivity contribution in [1.82, 2.24) is 9.80 Å². The first-order valence-electron chi connectivity index (χ1n) is 11.0. The Morgan fingerprint density at radius 2 is 1.23 bits per heavy atom. The van der Waals surface area contributed by atoms with Crippen LogP contribution in [0.25, 0.3) is 10.8 Å². The second kappa shape index (κ2) is 8.93. The van der Waals surface area contributed by atoms with Crippen molar-refractivity contribution in [3.05, 3.63) is 114 Å². The van der Waals surface area contributed by atoms with Gasteiger partial charge >= 0.3 is 0 Å². The van der Waals surface area contributed by atoms with Gasteiger partial charge in [-0.25, -0.2) is 0 Å². The number of fused-ring (bicyclic) bond motifs is 1. The minimum absolute atomic E-state index is 0.304. The summed E-state index contributed by atoms with van der Waals surface area (Å²) in [4.78, 5) is 5.16. The SMILES string of the molecule is Oc1ccc2cc(CN3CCN(C(c4ccccc4)c4ccccc4)CC3)ccc2c1. The highest BCUT2D eigenvalue weighted by Gasteiger charge is 2.26. The van der Waals surface area contributed by atoms with Crippen molar-refractivity contribution < 1.29 is 5.11 Å². The highest BCUT2D eigenvalue weighted by Crippen LogP contribution is 2.30. The molecule has 1 aliphatic rings. The van der Waals surface area contributed by atoms with Gasteiger partial charge < -0.3 is 5.11 Å². The molecule has 1 heterocycles. The zero-order valence-corrected chi connectivity index (χ0v) is 17.7. The molecule has 0 bridgehead atoms. The van der Waals surface area contributed by atoms with E-state index in [1.807, 2.05) is 12.1 Å². The van der Waals surface area contributed by atoms with Gasteiger partial charge in [-0.15, -0.1) is 0 Å². The lowest BCUT2D eigenvalue weighted by atomic mass is 9.96. The molecule has 3 nitrogen and oxygen atoms in total. The fraction of sp³-hybridized carbons (Fsp3) is 0.214. The number of hydrogen-bond acceptors (Lipinski definition) is 3. The molecule has 4 aromatic carbocycles. The summed E-state index contributed by atoms with van der Waals surface area (Å²) in [6, 6.07) is 34.2. The summed E-state index contributed by atoms with van der Waals surface area (Å²) in [5.41, 5.74) is 4.05. The van der Waals surface area contributed by atoms with Gasteiger partial charge in [0.05, 0.1) is 6.04 Å². The monoisotopic (exact) mass is 408 g/mol. The first kappa shape index (κ1) is 19.8. The molecule has 4 aromatic rings. The van der Waals surface area contributed by atoms with Gasteiger partial charge in [-0.05, 0) is 45.7 Å². The number of phenolic OH excluding ortho intramolecular Hbond substituents is 1.